The molecule has 1 atom stereocenters. The molecule has 0 saturated carbocycles. The zero-order chi connectivity index (χ0) is 13.0. The van der Waals surface area contributed by atoms with Gasteiger partial charge in [-0.1, -0.05) is 35.0 Å². The predicted octanol–water partition coefficient (Wildman–Crippen LogP) is 4.92. The van der Waals surface area contributed by atoms with Crippen molar-refractivity contribution in [2.75, 3.05) is 0 Å². The number of benzene rings is 1. The van der Waals surface area contributed by atoms with E-state index in [-0.39, 0.29) is 0 Å². The zero-order valence-electron chi connectivity index (χ0n) is 10.7. The highest BCUT2D eigenvalue weighted by molar-refractivity contribution is 9.10. The molecule has 96 valence electrons. The maximum Gasteiger partial charge on any atom is 0.0305 e. The van der Waals surface area contributed by atoms with Gasteiger partial charge in [-0.2, -0.15) is 0 Å². The van der Waals surface area contributed by atoms with Crippen LogP contribution < -0.4 is 5.32 Å². The van der Waals surface area contributed by atoms with E-state index in [0.29, 0.717) is 6.04 Å². The third-order valence-corrected chi connectivity index (χ3v) is 4.78. The number of nitrogens with one attached hydrogen (secondary N) is 1. The first-order valence-electron chi connectivity index (χ1n) is 6.25. The number of thiophene rings is 1. The normalized spacial score (nSPS) is 12.6. The van der Waals surface area contributed by atoms with Gasteiger partial charge in [-0.25, -0.2) is 0 Å². The molecule has 1 heterocycles. The summed E-state index contributed by atoms with van der Waals surface area (Å²) < 4.78 is 1.13. The Bertz CT molecular complexity index is 489. The Labute approximate surface area is 121 Å². The number of rotatable bonds is 5. The minimum atomic E-state index is 0.380. The second kappa shape index (κ2) is 6.50. The first-order valence-corrected chi connectivity index (χ1v) is 7.86. The van der Waals surface area contributed by atoms with Gasteiger partial charge in [0, 0.05) is 26.8 Å². The Morgan fingerprint density at radius 2 is 1.78 bits per heavy atom. The molecule has 0 aliphatic rings. The number of hydrogen-bond acceptors (Lipinski definition) is 2. The first-order chi connectivity index (χ1) is 8.69. The maximum absolute atomic E-state index is 3.57. The van der Waals surface area contributed by atoms with Gasteiger partial charge in [0.1, 0.15) is 0 Å². The zero-order valence-corrected chi connectivity index (χ0v) is 13.1. The third kappa shape index (κ3) is 3.67. The molecular weight excluding hydrogens is 306 g/mol. The van der Waals surface area contributed by atoms with E-state index in [1.807, 2.05) is 11.3 Å². The Kier molecular flexibility index (Phi) is 4.98. The summed E-state index contributed by atoms with van der Waals surface area (Å²) in [6.07, 6.45) is 1.13. The van der Waals surface area contributed by atoms with Crippen LogP contribution >= 0.6 is 27.3 Å². The van der Waals surface area contributed by atoms with E-state index in [4.69, 9.17) is 0 Å². The van der Waals surface area contributed by atoms with Crippen molar-refractivity contribution in [2.45, 2.75) is 32.9 Å². The highest BCUT2D eigenvalue weighted by atomic mass is 79.9. The van der Waals surface area contributed by atoms with Gasteiger partial charge < -0.3 is 5.32 Å². The van der Waals surface area contributed by atoms with Crippen molar-refractivity contribution < 1.29 is 0 Å². The number of aryl methyl sites for hydroxylation is 1. The van der Waals surface area contributed by atoms with Gasteiger partial charge in [-0.15, -0.1) is 11.3 Å². The molecule has 0 radical (unpaired) electrons. The molecule has 1 aromatic heterocycles. The Morgan fingerprint density at radius 1 is 1.11 bits per heavy atom. The fourth-order valence-corrected chi connectivity index (χ4v) is 3.00. The molecule has 2 rings (SSSR count). The third-order valence-electron chi connectivity index (χ3n) is 3.02. The van der Waals surface area contributed by atoms with Crippen LogP contribution in [0, 0.1) is 0 Å². The van der Waals surface area contributed by atoms with E-state index < -0.39 is 0 Å². The van der Waals surface area contributed by atoms with Crippen LogP contribution in [0.2, 0.25) is 0 Å². The summed E-state index contributed by atoms with van der Waals surface area (Å²) in [5.41, 5.74) is 1.32. The number of halogens is 1. The Hall–Kier alpha value is -0.640. The lowest BCUT2D eigenvalue weighted by atomic mass is 10.1. The minimum Gasteiger partial charge on any atom is -0.305 e. The van der Waals surface area contributed by atoms with Crippen molar-refractivity contribution in [2.24, 2.45) is 0 Å². The topological polar surface area (TPSA) is 12.0 Å². The highest BCUT2D eigenvalue weighted by Crippen LogP contribution is 2.20. The van der Waals surface area contributed by atoms with E-state index in [2.05, 4.69) is 71.5 Å². The summed E-state index contributed by atoms with van der Waals surface area (Å²) in [6, 6.07) is 13.3. The average Bonchev–Trinajstić information content (AvgIpc) is 2.85. The van der Waals surface area contributed by atoms with Crippen molar-refractivity contribution in [1.82, 2.24) is 5.32 Å². The molecule has 1 aromatic carbocycles. The van der Waals surface area contributed by atoms with Gasteiger partial charge >= 0.3 is 0 Å². The van der Waals surface area contributed by atoms with Gasteiger partial charge in [0.2, 0.25) is 0 Å². The quantitative estimate of drug-likeness (QED) is 0.823. The van der Waals surface area contributed by atoms with Crippen molar-refractivity contribution in [3.63, 3.8) is 0 Å². The van der Waals surface area contributed by atoms with Crippen LogP contribution in [0.5, 0.6) is 0 Å². The molecule has 0 bridgehead atoms. The lowest BCUT2D eigenvalue weighted by Crippen LogP contribution is -2.17. The molecule has 0 aliphatic heterocycles. The lowest BCUT2D eigenvalue weighted by molar-refractivity contribution is 0.579. The molecule has 0 saturated heterocycles. The van der Waals surface area contributed by atoms with Gasteiger partial charge in [0.05, 0.1) is 0 Å². The van der Waals surface area contributed by atoms with Crippen LogP contribution in [0.1, 0.15) is 35.2 Å². The van der Waals surface area contributed by atoms with Crippen molar-refractivity contribution >= 4 is 27.3 Å². The summed E-state index contributed by atoms with van der Waals surface area (Å²) in [6.45, 7) is 5.35. The predicted molar refractivity (Wildman–Crippen MR) is 83.1 cm³/mol. The molecule has 0 fully saturated rings. The molecular formula is C15H18BrNS. The SMILES string of the molecule is CCc1ccc(CN[C@H](C)c2ccc(Br)cc2)s1. The van der Waals surface area contributed by atoms with Gasteiger partial charge in [-0.05, 0) is 43.2 Å². The Balaban J connectivity index is 1.91. The fourth-order valence-electron chi connectivity index (χ4n) is 1.83. The monoisotopic (exact) mass is 323 g/mol. The molecule has 0 amide bonds. The van der Waals surface area contributed by atoms with Crippen LogP contribution in [0.3, 0.4) is 0 Å². The molecule has 0 unspecified atom stereocenters. The Morgan fingerprint density at radius 3 is 2.39 bits per heavy atom. The van der Waals surface area contributed by atoms with E-state index in [1.165, 1.54) is 15.3 Å². The molecule has 0 spiro atoms. The molecule has 2 aromatic rings. The van der Waals surface area contributed by atoms with E-state index in [0.717, 1.165) is 17.4 Å². The molecule has 1 N–H and O–H groups in total. The van der Waals surface area contributed by atoms with Crippen molar-refractivity contribution in [1.29, 1.82) is 0 Å². The van der Waals surface area contributed by atoms with E-state index in [1.54, 1.807) is 0 Å². The first kappa shape index (κ1) is 13.8. The summed E-state index contributed by atoms with van der Waals surface area (Å²) >= 11 is 5.36. The van der Waals surface area contributed by atoms with Crippen molar-refractivity contribution in [3.05, 3.63) is 56.2 Å². The van der Waals surface area contributed by atoms with Crippen LogP contribution in [0.25, 0.3) is 0 Å². The summed E-state index contributed by atoms with van der Waals surface area (Å²) in [5.74, 6) is 0. The summed E-state index contributed by atoms with van der Waals surface area (Å²) in [7, 11) is 0. The van der Waals surface area contributed by atoms with Crippen molar-refractivity contribution in [3.8, 4) is 0 Å². The van der Waals surface area contributed by atoms with E-state index >= 15 is 0 Å². The standard InChI is InChI=1S/C15H18BrNS/c1-3-14-8-9-15(18-14)10-17-11(2)12-4-6-13(16)7-5-12/h4-9,11,17H,3,10H2,1-2H3/t11-/m1/s1. The summed E-state index contributed by atoms with van der Waals surface area (Å²) in [4.78, 5) is 2.87. The van der Waals surface area contributed by atoms with Crippen LogP contribution in [-0.2, 0) is 13.0 Å². The van der Waals surface area contributed by atoms with E-state index in [9.17, 15) is 0 Å². The molecule has 18 heavy (non-hydrogen) atoms. The smallest absolute Gasteiger partial charge is 0.0305 e. The van der Waals surface area contributed by atoms with Crippen LogP contribution in [0.15, 0.2) is 40.9 Å². The molecule has 0 aliphatic carbocycles. The van der Waals surface area contributed by atoms with Gasteiger partial charge in [0.25, 0.3) is 0 Å². The highest BCUT2D eigenvalue weighted by Gasteiger charge is 2.05. The lowest BCUT2D eigenvalue weighted by Gasteiger charge is -2.13. The second-order valence-corrected chi connectivity index (χ2v) is 6.54. The average molecular weight is 324 g/mol. The number of hydrogen-bond donors (Lipinski definition) is 1. The van der Waals surface area contributed by atoms with Gasteiger partial charge in [0.15, 0.2) is 0 Å². The second-order valence-electron chi connectivity index (χ2n) is 4.38. The van der Waals surface area contributed by atoms with Gasteiger partial charge in [-0.3, -0.25) is 0 Å². The molecule has 3 heteroatoms. The largest absolute Gasteiger partial charge is 0.305 e. The van der Waals surface area contributed by atoms with Crippen LogP contribution in [-0.4, -0.2) is 0 Å². The fraction of sp³-hybridized carbons (Fsp3) is 0.333. The minimum absolute atomic E-state index is 0.380. The molecule has 1 nitrogen and oxygen atoms in total. The van der Waals surface area contributed by atoms with Crippen LogP contribution in [0.4, 0.5) is 0 Å². The summed E-state index contributed by atoms with van der Waals surface area (Å²) in [5, 5.41) is 3.57. The maximum atomic E-state index is 3.57.